The summed E-state index contributed by atoms with van der Waals surface area (Å²) in [6, 6.07) is 18.2. The second kappa shape index (κ2) is 9.27. The summed E-state index contributed by atoms with van der Waals surface area (Å²) in [6.07, 6.45) is 5.44. The van der Waals surface area contributed by atoms with E-state index < -0.39 is 6.10 Å². The van der Waals surface area contributed by atoms with Gasteiger partial charge >= 0.3 is 0 Å². The number of aliphatic hydroxyl groups is 1. The summed E-state index contributed by atoms with van der Waals surface area (Å²) in [6.45, 7) is 2.99. The van der Waals surface area contributed by atoms with Crippen LogP contribution < -0.4 is 15.0 Å². The Kier molecular flexibility index (Phi) is 6.05. The third kappa shape index (κ3) is 4.73. The van der Waals surface area contributed by atoms with Gasteiger partial charge in [-0.3, -0.25) is 4.79 Å². The van der Waals surface area contributed by atoms with E-state index in [-0.39, 0.29) is 24.0 Å². The van der Waals surface area contributed by atoms with Crippen molar-refractivity contribution in [3.8, 4) is 11.4 Å². The van der Waals surface area contributed by atoms with Crippen molar-refractivity contribution in [2.45, 2.75) is 51.0 Å². The molecule has 0 spiro atoms. The van der Waals surface area contributed by atoms with Gasteiger partial charge in [0.15, 0.2) is 6.10 Å². The summed E-state index contributed by atoms with van der Waals surface area (Å²) in [4.78, 5) is 15.3. The first-order valence-electron chi connectivity index (χ1n) is 11.6. The molecule has 4 unspecified atom stereocenters. The second-order valence-electron chi connectivity index (χ2n) is 9.09. The molecule has 1 amide bonds. The van der Waals surface area contributed by atoms with Crippen LogP contribution >= 0.6 is 0 Å². The van der Waals surface area contributed by atoms with Crippen molar-refractivity contribution in [2.75, 3.05) is 11.4 Å². The highest BCUT2D eigenvalue weighted by molar-refractivity contribution is 5.83. The third-order valence-corrected chi connectivity index (χ3v) is 6.73. The predicted molar refractivity (Wildman–Crippen MR) is 126 cm³/mol. The molecular formula is C26H30N4O3. The first-order chi connectivity index (χ1) is 16.1. The van der Waals surface area contributed by atoms with Crippen molar-refractivity contribution in [3.63, 3.8) is 0 Å². The lowest BCUT2D eigenvalue weighted by Crippen LogP contribution is -2.50. The third-order valence-electron chi connectivity index (χ3n) is 6.73. The van der Waals surface area contributed by atoms with Crippen LogP contribution in [0.5, 0.6) is 5.75 Å². The maximum atomic E-state index is 13.1. The van der Waals surface area contributed by atoms with Crippen LogP contribution in [0.3, 0.4) is 0 Å². The van der Waals surface area contributed by atoms with E-state index >= 15 is 0 Å². The molecule has 7 nitrogen and oxygen atoms in total. The molecule has 2 aromatic carbocycles. The number of fused-ring (bicyclic) bond motifs is 1. The number of ether oxygens (including phenoxy) is 1. The number of hydrogen-bond donors (Lipinski definition) is 2. The smallest absolute Gasteiger partial charge is 0.263 e. The Labute approximate surface area is 194 Å². The van der Waals surface area contributed by atoms with Crippen molar-refractivity contribution >= 4 is 11.6 Å². The fraction of sp³-hybridized carbons (Fsp3) is 0.385. The number of nitrogens with zero attached hydrogens (tertiary/aromatic N) is 3. The molecule has 3 aromatic rings. The lowest BCUT2D eigenvalue weighted by Gasteiger charge is -2.36. The normalized spacial score (nSPS) is 23.0. The maximum Gasteiger partial charge on any atom is 0.263 e. The molecule has 0 radical (unpaired) electrons. The highest BCUT2D eigenvalue weighted by atomic mass is 16.5. The van der Waals surface area contributed by atoms with Gasteiger partial charge in [0.05, 0.1) is 24.0 Å². The highest BCUT2D eigenvalue weighted by Crippen LogP contribution is 2.35. The summed E-state index contributed by atoms with van der Waals surface area (Å²) in [5, 5.41) is 17.3. The molecule has 33 heavy (non-hydrogen) atoms. The Hall–Kier alpha value is -3.32. The van der Waals surface area contributed by atoms with E-state index in [1.165, 1.54) is 0 Å². The molecule has 4 atom stereocenters. The molecule has 2 heterocycles. The van der Waals surface area contributed by atoms with E-state index in [0.717, 1.165) is 42.0 Å². The Morgan fingerprint density at radius 1 is 1.18 bits per heavy atom. The number of carbonyl (C=O) groups is 1. The fourth-order valence-electron chi connectivity index (χ4n) is 4.87. The minimum atomic E-state index is -0.575. The molecule has 0 bridgehead atoms. The van der Waals surface area contributed by atoms with Crippen molar-refractivity contribution in [2.24, 2.45) is 5.92 Å². The van der Waals surface area contributed by atoms with Crippen LogP contribution in [0.25, 0.3) is 5.69 Å². The van der Waals surface area contributed by atoms with E-state index in [9.17, 15) is 9.90 Å². The zero-order chi connectivity index (χ0) is 22.8. The number of nitrogens with one attached hydrogen (secondary N) is 1. The summed E-state index contributed by atoms with van der Waals surface area (Å²) >= 11 is 0. The van der Waals surface area contributed by atoms with E-state index in [1.54, 1.807) is 6.20 Å². The van der Waals surface area contributed by atoms with E-state index in [0.29, 0.717) is 13.1 Å². The predicted octanol–water partition coefficient (Wildman–Crippen LogP) is 3.31. The SMILES string of the molecule is CC(O)C1CCC(NC(=O)C2CN(Cc3ccc(-n4cccn4)cc3)c3ccccc3O2)C1. The molecule has 172 valence electrons. The van der Waals surface area contributed by atoms with E-state index in [1.807, 2.05) is 48.1 Å². The maximum absolute atomic E-state index is 13.1. The molecule has 1 aliphatic carbocycles. The topological polar surface area (TPSA) is 79.6 Å². The summed E-state index contributed by atoms with van der Waals surface area (Å²) in [5.74, 6) is 0.898. The lowest BCUT2D eigenvalue weighted by atomic mass is 10.0. The number of benzene rings is 2. The molecule has 1 fully saturated rings. The van der Waals surface area contributed by atoms with Crippen LogP contribution in [0.4, 0.5) is 5.69 Å². The Morgan fingerprint density at radius 3 is 2.73 bits per heavy atom. The van der Waals surface area contributed by atoms with Gasteiger partial charge in [-0.25, -0.2) is 4.68 Å². The quantitative estimate of drug-likeness (QED) is 0.607. The average molecular weight is 447 g/mol. The molecule has 2 N–H and O–H groups in total. The van der Waals surface area contributed by atoms with Crippen LogP contribution in [-0.2, 0) is 11.3 Å². The first kappa shape index (κ1) is 21.5. The Balaban J connectivity index is 1.28. The number of hydrogen-bond acceptors (Lipinski definition) is 5. The van der Waals surface area contributed by atoms with Crippen LogP contribution in [0.15, 0.2) is 67.0 Å². The standard InChI is InChI=1S/C26H30N4O3/c1-18(31)20-9-10-21(15-20)28-26(32)25-17-29(23-5-2-3-6-24(23)33-25)16-19-7-11-22(12-8-19)30-14-4-13-27-30/h2-8,11-14,18,20-21,25,31H,9-10,15-17H2,1H3,(H,28,32). The van der Waals surface area contributed by atoms with E-state index in [2.05, 4.69) is 39.6 Å². The van der Waals surface area contributed by atoms with Gasteiger partial charge in [-0.15, -0.1) is 0 Å². The largest absolute Gasteiger partial charge is 0.477 e. The van der Waals surface area contributed by atoms with Gasteiger partial charge in [0.2, 0.25) is 0 Å². The van der Waals surface area contributed by atoms with Gasteiger partial charge < -0.3 is 20.1 Å². The van der Waals surface area contributed by atoms with Crippen LogP contribution in [0.2, 0.25) is 0 Å². The van der Waals surface area contributed by atoms with Crippen LogP contribution in [0.1, 0.15) is 31.7 Å². The minimum absolute atomic E-state index is 0.0835. The minimum Gasteiger partial charge on any atom is -0.477 e. The van der Waals surface area contributed by atoms with Crippen LogP contribution in [-0.4, -0.2) is 45.6 Å². The number of anilines is 1. The second-order valence-corrected chi connectivity index (χ2v) is 9.09. The number of aromatic nitrogens is 2. The molecule has 5 rings (SSSR count). The van der Waals surface area contributed by atoms with Gasteiger partial charge in [-0.1, -0.05) is 24.3 Å². The summed E-state index contributed by atoms with van der Waals surface area (Å²) < 4.78 is 7.93. The molecular weight excluding hydrogens is 416 g/mol. The number of rotatable bonds is 6. The molecule has 0 saturated heterocycles. The zero-order valence-corrected chi connectivity index (χ0v) is 18.8. The fourth-order valence-corrected chi connectivity index (χ4v) is 4.87. The lowest BCUT2D eigenvalue weighted by molar-refractivity contribution is -0.128. The van der Waals surface area contributed by atoms with Gasteiger partial charge in [0.25, 0.3) is 5.91 Å². The summed E-state index contributed by atoms with van der Waals surface area (Å²) in [5.41, 5.74) is 3.15. The molecule has 1 aliphatic heterocycles. The Morgan fingerprint density at radius 2 is 2.00 bits per heavy atom. The van der Waals surface area contributed by atoms with Crippen LogP contribution in [0, 0.1) is 5.92 Å². The van der Waals surface area contributed by atoms with Crippen molar-refractivity contribution in [1.82, 2.24) is 15.1 Å². The highest BCUT2D eigenvalue weighted by Gasteiger charge is 2.34. The van der Waals surface area contributed by atoms with Crippen molar-refractivity contribution < 1.29 is 14.6 Å². The van der Waals surface area contributed by atoms with Crippen molar-refractivity contribution in [3.05, 3.63) is 72.6 Å². The Bertz CT molecular complexity index is 1080. The molecule has 7 heteroatoms. The molecule has 1 saturated carbocycles. The number of aliphatic hydroxyl groups excluding tert-OH is 1. The number of carbonyl (C=O) groups excluding carboxylic acids is 1. The number of para-hydroxylation sites is 2. The van der Waals surface area contributed by atoms with Gasteiger partial charge in [-0.05, 0) is 68.0 Å². The van der Waals surface area contributed by atoms with Gasteiger partial charge in [0, 0.05) is 25.0 Å². The van der Waals surface area contributed by atoms with Gasteiger partial charge in [0.1, 0.15) is 5.75 Å². The van der Waals surface area contributed by atoms with Gasteiger partial charge in [-0.2, -0.15) is 5.10 Å². The molecule has 2 aliphatic rings. The average Bonchev–Trinajstić information content (AvgIpc) is 3.52. The monoisotopic (exact) mass is 446 g/mol. The zero-order valence-electron chi connectivity index (χ0n) is 18.8. The van der Waals surface area contributed by atoms with Crippen molar-refractivity contribution in [1.29, 1.82) is 0 Å². The van der Waals surface area contributed by atoms with E-state index in [4.69, 9.17) is 4.74 Å². The molecule has 1 aromatic heterocycles. The summed E-state index contributed by atoms with van der Waals surface area (Å²) in [7, 11) is 0. The number of amides is 1. The first-order valence-corrected chi connectivity index (χ1v) is 11.6.